The number of ether oxygens (including phenoxy) is 1. The fourth-order valence-electron chi connectivity index (χ4n) is 1.68. The lowest BCUT2D eigenvalue weighted by Crippen LogP contribution is -2.17. The molecule has 1 N–H and O–H groups in total. The monoisotopic (exact) mass is 312 g/mol. The van der Waals surface area contributed by atoms with E-state index in [0.717, 1.165) is 5.69 Å². The van der Waals surface area contributed by atoms with Gasteiger partial charge in [-0.05, 0) is 29.8 Å². The standard InChI is InChI=1S/C11H13BrN4O2/c1-6-4-9(14-7(2)13-6)16-11(17)10(12)8(15-16)5-18-3/h4,15H,5H2,1-3H3. The van der Waals surface area contributed by atoms with Crippen LogP contribution in [0.15, 0.2) is 15.3 Å². The summed E-state index contributed by atoms with van der Waals surface area (Å²) in [6.45, 7) is 3.97. The van der Waals surface area contributed by atoms with Crippen LogP contribution in [0.1, 0.15) is 17.2 Å². The average molecular weight is 313 g/mol. The number of hydrogen-bond acceptors (Lipinski definition) is 4. The molecule has 0 fully saturated rings. The van der Waals surface area contributed by atoms with Gasteiger partial charge in [0.05, 0.1) is 12.3 Å². The van der Waals surface area contributed by atoms with Gasteiger partial charge in [-0.25, -0.2) is 14.6 Å². The topological polar surface area (TPSA) is 72.8 Å². The zero-order valence-corrected chi connectivity index (χ0v) is 11.9. The molecule has 0 atom stereocenters. The Morgan fingerprint density at radius 2 is 2.17 bits per heavy atom. The van der Waals surface area contributed by atoms with Gasteiger partial charge in [0, 0.05) is 18.9 Å². The van der Waals surface area contributed by atoms with Crippen molar-refractivity contribution in [1.29, 1.82) is 0 Å². The van der Waals surface area contributed by atoms with Crippen molar-refractivity contribution >= 4 is 15.9 Å². The van der Waals surface area contributed by atoms with Crippen LogP contribution in [0.3, 0.4) is 0 Å². The largest absolute Gasteiger partial charge is 0.378 e. The van der Waals surface area contributed by atoms with E-state index in [1.807, 2.05) is 6.92 Å². The molecule has 0 radical (unpaired) electrons. The van der Waals surface area contributed by atoms with Gasteiger partial charge in [-0.2, -0.15) is 0 Å². The van der Waals surface area contributed by atoms with Crippen molar-refractivity contribution in [3.63, 3.8) is 0 Å². The summed E-state index contributed by atoms with van der Waals surface area (Å²) in [6, 6.07) is 1.74. The van der Waals surface area contributed by atoms with Gasteiger partial charge in [0.2, 0.25) is 0 Å². The fraction of sp³-hybridized carbons (Fsp3) is 0.364. The number of aryl methyl sites for hydroxylation is 2. The Bertz CT molecular complexity index is 612. The number of aromatic amines is 1. The molecule has 2 aromatic rings. The number of methoxy groups -OCH3 is 1. The predicted molar refractivity (Wildman–Crippen MR) is 69.9 cm³/mol. The minimum absolute atomic E-state index is 0.195. The predicted octanol–water partition coefficient (Wildman–Crippen LogP) is 1.48. The van der Waals surface area contributed by atoms with Gasteiger partial charge in [0.15, 0.2) is 5.82 Å². The van der Waals surface area contributed by atoms with Crippen molar-refractivity contribution in [3.05, 3.63) is 38.1 Å². The maximum atomic E-state index is 12.1. The molecular formula is C11H13BrN4O2. The number of aromatic nitrogens is 4. The van der Waals surface area contributed by atoms with Crippen molar-refractivity contribution in [3.8, 4) is 5.82 Å². The van der Waals surface area contributed by atoms with Gasteiger partial charge in [0.25, 0.3) is 5.56 Å². The van der Waals surface area contributed by atoms with E-state index in [-0.39, 0.29) is 5.56 Å². The summed E-state index contributed by atoms with van der Waals surface area (Å²) in [5.41, 5.74) is 1.29. The van der Waals surface area contributed by atoms with Crippen LogP contribution in [-0.2, 0) is 11.3 Å². The number of H-pyrrole nitrogens is 1. The summed E-state index contributed by atoms with van der Waals surface area (Å²) < 4.78 is 6.85. The Kier molecular flexibility index (Phi) is 3.63. The van der Waals surface area contributed by atoms with Crippen molar-refractivity contribution < 1.29 is 4.74 Å². The molecule has 2 heterocycles. The third-order valence-corrected chi connectivity index (χ3v) is 3.19. The van der Waals surface area contributed by atoms with Crippen LogP contribution in [-0.4, -0.2) is 26.9 Å². The number of halogens is 1. The van der Waals surface area contributed by atoms with E-state index in [9.17, 15) is 4.79 Å². The molecule has 0 saturated carbocycles. The molecule has 0 aromatic carbocycles. The van der Waals surface area contributed by atoms with Crippen LogP contribution < -0.4 is 5.56 Å². The highest BCUT2D eigenvalue weighted by atomic mass is 79.9. The highest BCUT2D eigenvalue weighted by Crippen LogP contribution is 2.13. The van der Waals surface area contributed by atoms with Crippen LogP contribution in [0, 0.1) is 13.8 Å². The molecule has 2 aromatic heterocycles. The first-order valence-corrected chi connectivity index (χ1v) is 6.13. The second-order valence-electron chi connectivity index (χ2n) is 3.89. The zero-order chi connectivity index (χ0) is 13.3. The van der Waals surface area contributed by atoms with Crippen molar-refractivity contribution in [2.75, 3.05) is 7.11 Å². The van der Waals surface area contributed by atoms with E-state index in [2.05, 4.69) is 31.0 Å². The summed E-state index contributed by atoms with van der Waals surface area (Å²) in [5.74, 6) is 1.14. The smallest absolute Gasteiger partial charge is 0.287 e. The first-order chi connectivity index (χ1) is 8.52. The average Bonchev–Trinajstić information content (AvgIpc) is 2.57. The van der Waals surface area contributed by atoms with Crippen LogP contribution in [0.5, 0.6) is 0 Å². The fourth-order valence-corrected chi connectivity index (χ4v) is 2.06. The molecule has 0 amide bonds. The summed E-state index contributed by atoms with van der Waals surface area (Å²) >= 11 is 3.25. The first kappa shape index (κ1) is 13.0. The summed E-state index contributed by atoms with van der Waals surface area (Å²) in [5, 5.41) is 2.96. The summed E-state index contributed by atoms with van der Waals surface area (Å²) in [4.78, 5) is 20.5. The van der Waals surface area contributed by atoms with Gasteiger partial charge >= 0.3 is 0 Å². The van der Waals surface area contributed by atoms with E-state index in [4.69, 9.17) is 4.74 Å². The second-order valence-corrected chi connectivity index (χ2v) is 4.69. The Balaban J connectivity index is 2.57. The van der Waals surface area contributed by atoms with E-state index < -0.39 is 0 Å². The van der Waals surface area contributed by atoms with Crippen LogP contribution in [0.25, 0.3) is 5.82 Å². The molecular weight excluding hydrogens is 300 g/mol. The third-order valence-electron chi connectivity index (χ3n) is 2.37. The normalized spacial score (nSPS) is 10.9. The molecule has 0 aliphatic rings. The lowest BCUT2D eigenvalue weighted by molar-refractivity contribution is 0.180. The van der Waals surface area contributed by atoms with Gasteiger partial charge in [0.1, 0.15) is 10.3 Å². The van der Waals surface area contributed by atoms with Gasteiger partial charge < -0.3 is 4.74 Å². The Hall–Kier alpha value is -1.47. The Labute approximate surface area is 112 Å². The molecule has 0 bridgehead atoms. The quantitative estimate of drug-likeness (QED) is 0.931. The Morgan fingerprint density at radius 1 is 1.44 bits per heavy atom. The van der Waals surface area contributed by atoms with Crippen molar-refractivity contribution in [2.24, 2.45) is 0 Å². The van der Waals surface area contributed by atoms with Crippen molar-refractivity contribution in [1.82, 2.24) is 19.7 Å². The number of nitrogens with zero attached hydrogens (tertiary/aromatic N) is 3. The lowest BCUT2D eigenvalue weighted by atomic mass is 10.4. The molecule has 96 valence electrons. The second kappa shape index (κ2) is 5.03. The zero-order valence-electron chi connectivity index (χ0n) is 10.3. The highest BCUT2D eigenvalue weighted by molar-refractivity contribution is 9.10. The molecule has 0 aliphatic carbocycles. The maximum Gasteiger partial charge on any atom is 0.287 e. The number of nitrogens with one attached hydrogen (secondary N) is 1. The molecule has 0 aliphatic heterocycles. The lowest BCUT2D eigenvalue weighted by Gasteiger charge is -2.03. The van der Waals surface area contributed by atoms with Crippen LogP contribution in [0.2, 0.25) is 0 Å². The van der Waals surface area contributed by atoms with Gasteiger partial charge in [-0.1, -0.05) is 0 Å². The van der Waals surface area contributed by atoms with E-state index >= 15 is 0 Å². The molecule has 2 rings (SSSR count). The minimum atomic E-state index is -0.195. The number of rotatable bonds is 3. The molecule has 18 heavy (non-hydrogen) atoms. The summed E-state index contributed by atoms with van der Waals surface area (Å²) in [6.07, 6.45) is 0. The van der Waals surface area contributed by atoms with E-state index in [0.29, 0.717) is 28.4 Å². The van der Waals surface area contributed by atoms with Crippen LogP contribution in [0.4, 0.5) is 0 Å². The maximum absolute atomic E-state index is 12.1. The molecule has 7 heteroatoms. The Morgan fingerprint density at radius 3 is 2.78 bits per heavy atom. The SMILES string of the molecule is COCc1[nH]n(-c2cc(C)nc(C)n2)c(=O)c1Br. The van der Waals surface area contributed by atoms with Crippen LogP contribution >= 0.6 is 15.9 Å². The minimum Gasteiger partial charge on any atom is -0.378 e. The van der Waals surface area contributed by atoms with E-state index in [1.165, 1.54) is 4.68 Å². The molecule has 6 nitrogen and oxygen atoms in total. The third kappa shape index (κ3) is 2.37. The summed E-state index contributed by atoms with van der Waals surface area (Å²) in [7, 11) is 1.57. The van der Waals surface area contributed by atoms with E-state index in [1.54, 1.807) is 20.1 Å². The molecule has 0 unspecified atom stereocenters. The number of hydrogen-bond donors (Lipinski definition) is 1. The van der Waals surface area contributed by atoms with Crippen molar-refractivity contribution in [2.45, 2.75) is 20.5 Å². The van der Waals surface area contributed by atoms with Gasteiger partial charge in [-0.15, -0.1) is 0 Å². The molecule has 0 spiro atoms. The highest BCUT2D eigenvalue weighted by Gasteiger charge is 2.14. The molecule has 0 saturated heterocycles. The van der Waals surface area contributed by atoms with Gasteiger partial charge in [-0.3, -0.25) is 9.89 Å². The first-order valence-electron chi connectivity index (χ1n) is 5.34.